The van der Waals surface area contributed by atoms with Gasteiger partial charge in [0.2, 0.25) is 5.91 Å². The topological polar surface area (TPSA) is 105 Å². The second kappa shape index (κ2) is 7.97. The number of urea groups is 1. The van der Waals surface area contributed by atoms with E-state index in [1.165, 1.54) is 0 Å². The van der Waals surface area contributed by atoms with Crippen molar-refractivity contribution in [3.05, 3.63) is 0 Å². The van der Waals surface area contributed by atoms with E-state index in [1.807, 2.05) is 0 Å². The minimum atomic E-state index is -0.962. The molecule has 0 aromatic rings. The molecule has 0 aliphatic carbocycles. The van der Waals surface area contributed by atoms with Crippen LogP contribution in [0.15, 0.2) is 0 Å². The molecule has 0 saturated carbocycles. The van der Waals surface area contributed by atoms with E-state index in [0.717, 1.165) is 26.1 Å². The number of hydrogen-bond donors (Lipinski definition) is 3. The van der Waals surface area contributed by atoms with E-state index in [2.05, 4.69) is 10.6 Å². The molecule has 120 valence electrons. The fourth-order valence-electron chi connectivity index (χ4n) is 2.32. The number of nitrogens with one attached hydrogen (secondary N) is 2. The Morgan fingerprint density at radius 3 is 2.57 bits per heavy atom. The van der Waals surface area contributed by atoms with E-state index < -0.39 is 23.3 Å². The van der Waals surface area contributed by atoms with Crippen LogP contribution in [0, 0.1) is 11.3 Å². The van der Waals surface area contributed by atoms with E-state index in [-0.39, 0.29) is 12.8 Å². The van der Waals surface area contributed by atoms with E-state index >= 15 is 0 Å². The van der Waals surface area contributed by atoms with E-state index in [4.69, 9.17) is 9.84 Å². The third kappa shape index (κ3) is 7.65. The maximum atomic E-state index is 11.7. The van der Waals surface area contributed by atoms with Gasteiger partial charge in [-0.2, -0.15) is 0 Å². The zero-order valence-corrected chi connectivity index (χ0v) is 12.6. The minimum absolute atomic E-state index is 0.0107. The van der Waals surface area contributed by atoms with Crippen LogP contribution in [-0.2, 0) is 14.3 Å². The Balaban J connectivity index is 2.20. The van der Waals surface area contributed by atoms with Crippen molar-refractivity contribution in [2.45, 2.75) is 39.5 Å². The molecule has 1 unspecified atom stereocenters. The molecule has 0 spiro atoms. The molecule has 7 nitrogen and oxygen atoms in total. The summed E-state index contributed by atoms with van der Waals surface area (Å²) in [6.45, 7) is 5.35. The fraction of sp³-hybridized carbons (Fsp3) is 0.786. The number of imide groups is 1. The van der Waals surface area contributed by atoms with E-state index in [9.17, 15) is 14.4 Å². The van der Waals surface area contributed by atoms with Crippen LogP contribution in [-0.4, -0.2) is 42.8 Å². The summed E-state index contributed by atoms with van der Waals surface area (Å²) in [6, 6.07) is -0.537. The standard InChI is InChI=1S/C14H24N2O5/c1-14(2,8-12(18)19)7-11(17)16-13(20)15-5-3-10-4-6-21-9-10/h10H,3-9H2,1-2H3,(H,18,19)(H2,15,16,17,20). The molecule has 1 fully saturated rings. The van der Waals surface area contributed by atoms with Crippen LogP contribution in [0.3, 0.4) is 0 Å². The maximum absolute atomic E-state index is 11.7. The largest absolute Gasteiger partial charge is 0.481 e. The van der Waals surface area contributed by atoms with Crippen LogP contribution in [0.2, 0.25) is 0 Å². The molecule has 3 N–H and O–H groups in total. The van der Waals surface area contributed by atoms with Crippen molar-refractivity contribution >= 4 is 17.9 Å². The summed E-state index contributed by atoms with van der Waals surface area (Å²) < 4.78 is 5.24. The second-order valence-corrected chi connectivity index (χ2v) is 6.23. The summed E-state index contributed by atoms with van der Waals surface area (Å²) in [7, 11) is 0. The molecular weight excluding hydrogens is 276 g/mol. The number of carboxylic acids is 1. The molecule has 1 atom stereocenters. The molecule has 0 radical (unpaired) electrons. The number of aliphatic carboxylic acids is 1. The van der Waals surface area contributed by atoms with Crippen LogP contribution in [0.4, 0.5) is 4.79 Å². The van der Waals surface area contributed by atoms with Crippen LogP contribution in [0.5, 0.6) is 0 Å². The van der Waals surface area contributed by atoms with Crippen LogP contribution in [0.25, 0.3) is 0 Å². The molecule has 1 saturated heterocycles. The Labute approximate surface area is 124 Å². The molecule has 1 rings (SSSR count). The molecule has 3 amide bonds. The van der Waals surface area contributed by atoms with Crippen molar-refractivity contribution in [2.75, 3.05) is 19.8 Å². The summed E-state index contributed by atoms with van der Waals surface area (Å²) in [5, 5.41) is 13.6. The minimum Gasteiger partial charge on any atom is -0.481 e. The molecule has 0 aromatic heterocycles. The van der Waals surface area contributed by atoms with Gasteiger partial charge in [-0.05, 0) is 24.2 Å². The zero-order valence-electron chi connectivity index (χ0n) is 12.6. The normalized spacial score (nSPS) is 18.3. The van der Waals surface area contributed by atoms with Gasteiger partial charge in [-0.15, -0.1) is 0 Å². The second-order valence-electron chi connectivity index (χ2n) is 6.23. The third-order valence-electron chi connectivity index (χ3n) is 3.38. The zero-order chi connectivity index (χ0) is 15.9. The first-order chi connectivity index (χ1) is 9.78. The van der Waals surface area contributed by atoms with Gasteiger partial charge < -0.3 is 15.2 Å². The lowest BCUT2D eigenvalue weighted by molar-refractivity contribution is -0.139. The first-order valence-electron chi connectivity index (χ1n) is 7.16. The molecule has 1 aliphatic rings. The predicted molar refractivity (Wildman–Crippen MR) is 75.7 cm³/mol. The lowest BCUT2D eigenvalue weighted by atomic mass is 9.85. The summed E-state index contributed by atoms with van der Waals surface area (Å²) in [4.78, 5) is 33.9. The van der Waals surface area contributed by atoms with Crippen molar-refractivity contribution in [2.24, 2.45) is 11.3 Å². The van der Waals surface area contributed by atoms with Crippen LogP contribution < -0.4 is 10.6 Å². The van der Waals surface area contributed by atoms with Gasteiger partial charge in [-0.25, -0.2) is 4.79 Å². The van der Waals surface area contributed by atoms with Gasteiger partial charge in [-0.1, -0.05) is 13.8 Å². The molecule has 7 heteroatoms. The number of carbonyl (C=O) groups excluding carboxylic acids is 2. The monoisotopic (exact) mass is 300 g/mol. The molecular formula is C14H24N2O5. The summed E-state index contributed by atoms with van der Waals surface area (Å²) >= 11 is 0. The first kappa shape index (κ1) is 17.4. The first-order valence-corrected chi connectivity index (χ1v) is 7.16. The van der Waals surface area contributed by atoms with Gasteiger partial charge in [0.1, 0.15) is 0 Å². The maximum Gasteiger partial charge on any atom is 0.321 e. The van der Waals surface area contributed by atoms with Gasteiger partial charge in [0.15, 0.2) is 0 Å². The van der Waals surface area contributed by atoms with Crippen molar-refractivity contribution in [3.63, 3.8) is 0 Å². The SMILES string of the molecule is CC(C)(CC(=O)O)CC(=O)NC(=O)NCCC1CCOC1. The van der Waals surface area contributed by atoms with Crippen LogP contribution in [0.1, 0.15) is 39.5 Å². The number of amides is 3. The highest BCUT2D eigenvalue weighted by Crippen LogP contribution is 2.24. The highest BCUT2D eigenvalue weighted by Gasteiger charge is 2.26. The Hall–Kier alpha value is -1.63. The number of hydrogen-bond acceptors (Lipinski definition) is 4. The summed E-state index contributed by atoms with van der Waals surface area (Å²) in [5.74, 6) is -0.963. The van der Waals surface area contributed by atoms with Gasteiger partial charge in [-0.3, -0.25) is 14.9 Å². The molecule has 21 heavy (non-hydrogen) atoms. The smallest absolute Gasteiger partial charge is 0.321 e. The van der Waals surface area contributed by atoms with Crippen molar-refractivity contribution in [1.29, 1.82) is 0 Å². The average Bonchev–Trinajstić information content (AvgIpc) is 2.78. The van der Waals surface area contributed by atoms with Gasteiger partial charge in [0.25, 0.3) is 0 Å². The van der Waals surface area contributed by atoms with Crippen molar-refractivity contribution in [3.8, 4) is 0 Å². The van der Waals surface area contributed by atoms with Gasteiger partial charge in [0, 0.05) is 26.2 Å². The van der Waals surface area contributed by atoms with E-state index in [1.54, 1.807) is 13.8 Å². The molecule has 0 bridgehead atoms. The van der Waals surface area contributed by atoms with Crippen molar-refractivity contribution < 1.29 is 24.2 Å². The quantitative estimate of drug-likeness (QED) is 0.653. The lowest BCUT2D eigenvalue weighted by Gasteiger charge is -2.21. The Morgan fingerprint density at radius 1 is 1.29 bits per heavy atom. The Kier molecular flexibility index (Phi) is 6.61. The van der Waals surface area contributed by atoms with Gasteiger partial charge >= 0.3 is 12.0 Å². The number of carbonyl (C=O) groups is 3. The van der Waals surface area contributed by atoms with Crippen molar-refractivity contribution in [1.82, 2.24) is 10.6 Å². The fourth-order valence-corrected chi connectivity index (χ4v) is 2.32. The molecule has 1 aliphatic heterocycles. The molecule has 1 heterocycles. The lowest BCUT2D eigenvalue weighted by Crippen LogP contribution is -2.41. The highest BCUT2D eigenvalue weighted by atomic mass is 16.5. The highest BCUT2D eigenvalue weighted by molar-refractivity contribution is 5.94. The summed E-state index contributed by atoms with van der Waals surface area (Å²) in [5.41, 5.74) is -0.683. The Bertz CT molecular complexity index is 389. The number of rotatable bonds is 7. The number of carboxylic acid groups (broad SMARTS) is 1. The Morgan fingerprint density at radius 2 is 2.00 bits per heavy atom. The third-order valence-corrected chi connectivity index (χ3v) is 3.38. The van der Waals surface area contributed by atoms with Crippen LogP contribution >= 0.6 is 0 Å². The number of ether oxygens (including phenoxy) is 1. The summed E-state index contributed by atoms with van der Waals surface area (Å²) in [6.07, 6.45) is 1.70. The molecule has 0 aromatic carbocycles. The average molecular weight is 300 g/mol. The van der Waals surface area contributed by atoms with E-state index in [0.29, 0.717) is 12.5 Å². The predicted octanol–water partition coefficient (Wildman–Crippen LogP) is 1.13. The van der Waals surface area contributed by atoms with Gasteiger partial charge in [0.05, 0.1) is 6.42 Å².